The maximum absolute atomic E-state index is 10.1. The number of anilines is 1. The highest BCUT2D eigenvalue weighted by atomic mass is 35.5. The number of aryl methyl sites for hydroxylation is 1. The first-order valence-electron chi connectivity index (χ1n) is 11.1. The van der Waals surface area contributed by atoms with Gasteiger partial charge in [-0.05, 0) is 67.3 Å². The molecule has 0 saturated carbocycles. The number of benzene rings is 2. The van der Waals surface area contributed by atoms with Crippen molar-refractivity contribution >= 4 is 29.0 Å². The van der Waals surface area contributed by atoms with Crippen LogP contribution in [0.3, 0.4) is 0 Å². The van der Waals surface area contributed by atoms with Crippen molar-refractivity contribution in [2.45, 2.75) is 39.2 Å². The molecule has 1 N–H and O–H groups in total. The van der Waals surface area contributed by atoms with E-state index in [2.05, 4.69) is 23.1 Å². The summed E-state index contributed by atoms with van der Waals surface area (Å²) in [6.45, 7) is 3.43. The molecule has 7 heteroatoms. The Labute approximate surface area is 203 Å². The van der Waals surface area contributed by atoms with Crippen molar-refractivity contribution < 1.29 is 5.11 Å². The number of nitriles is 1. The van der Waals surface area contributed by atoms with Gasteiger partial charge in [-0.2, -0.15) is 5.26 Å². The molecular weight excluding hydrogens is 455 g/mol. The molecule has 1 aliphatic heterocycles. The summed E-state index contributed by atoms with van der Waals surface area (Å²) in [5.74, 6) is 0.744. The fraction of sp³-hybridized carbons (Fsp3) is 0.346. The van der Waals surface area contributed by atoms with Crippen LogP contribution < -0.4 is 4.90 Å². The van der Waals surface area contributed by atoms with Gasteiger partial charge in [-0.1, -0.05) is 41.4 Å². The second-order valence-corrected chi connectivity index (χ2v) is 9.91. The van der Waals surface area contributed by atoms with Gasteiger partial charge in [0.2, 0.25) is 0 Å². The molecule has 0 unspecified atom stereocenters. The van der Waals surface area contributed by atoms with Gasteiger partial charge in [0.1, 0.15) is 5.69 Å². The third-order valence-corrected chi connectivity index (χ3v) is 7.89. The van der Waals surface area contributed by atoms with Crippen LogP contribution in [0.25, 0.3) is 11.3 Å². The Morgan fingerprint density at radius 2 is 1.85 bits per heavy atom. The van der Waals surface area contributed by atoms with Crippen molar-refractivity contribution in [1.82, 2.24) is 9.97 Å². The number of hydrogen-bond donors (Lipinski definition) is 1. The maximum atomic E-state index is 10.1. The number of aliphatic hydroxyl groups is 1. The van der Waals surface area contributed by atoms with E-state index in [9.17, 15) is 10.4 Å². The zero-order valence-electron chi connectivity index (χ0n) is 18.4. The number of nitrogens with zero attached hydrogens (tertiary/aromatic N) is 4. The van der Waals surface area contributed by atoms with E-state index in [0.29, 0.717) is 27.0 Å². The van der Waals surface area contributed by atoms with Gasteiger partial charge in [0.25, 0.3) is 0 Å². The average molecular weight is 479 g/mol. The predicted octanol–water partition coefficient (Wildman–Crippen LogP) is 5.51. The number of aliphatic hydroxyl groups excluding tert-OH is 1. The van der Waals surface area contributed by atoms with Crippen LogP contribution in [0.5, 0.6) is 0 Å². The number of aromatic nitrogens is 2. The van der Waals surface area contributed by atoms with Gasteiger partial charge < -0.3 is 10.0 Å². The third kappa shape index (κ3) is 3.97. The van der Waals surface area contributed by atoms with Gasteiger partial charge in [-0.25, -0.2) is 9.97 Å². The van der Waals surface area contributed by atoms with Gasteiger partial charge in [0, 0.05) is 18.7 Å². The van der Waals surface area contributed by atoms with Crippen molar-refractivity contribution in [1.29, 1.82) is 5.26 Å². The second kappa shape index (κ2) is 8.61. The summed E-state index contributed by atoms with van der Waals surface area (Å²) in [4.78, 5) is 11.8. The van der Waals surface area contributed by atoms with Crippen LogP contribution >= 0.6 is 23.2 Å². The van der Waals surface area contributed by atoms with E-state index in [1.165, 1.54) is 11.1 Å². The molecular formula is C26H24Cl2N4O. The van der Waals surface area contributed by atoms with E-state index in [0.717, 1.165) is 55.8 Å². The van der Waals surface area contributed by atoms with Crippen molar-refractivity contribution in [2.75, 3.05) is 18.0 Å². The van der Waals surface area contributed by atoms with E-state index >= 15 is 0 Å². The average Bonchev–Trinajstić information content (AvgIpc) is 3.18. The molecule has 1 spiro atoms. The normalized spacial score (nSPS) is 16.6. The molecule has 33 heavy (non-hydrogen) atoms. The summed E-state index contributed by atoms with van der Waals surface area (Å²) in [6.07, 6.45) is 4.16. The molecule has 1 aromatic heterocycles. The lowest BCUT2D eigenvalue weighted by Gasteiger charge is -2.40. The Bertz CT molecular complexity index is 1280. The molecule has 1 aliphatic carbocycles. The van der Waals surface area contributed by atoms with Gasteiger partial charge >= 0.3 is 0 Å². The van der Waals surface area contributed by atoms with Gasteiger partial charge in [0.05, 0.1) is 39.7 Å². The molecule has 168 valence electrons. The third-order valence-electron chi connectivity index (χ3n) is 7.07. The lowest BCUT2D eigenvalue weighted by Crippen LogP contribution is -2.41. The topological polar surface area (TPSA) is 73.0 Å². The largest absolute Gasteiger partial charge is 0.390 e. The quantitative estimate of drug-likeness (QED) is 0.537. The molecule has 0 radical (unpaired) electrons. The van der Waals surface area contributed by atoms with Crippen molar-refractivity contribution in [3.05, 3.63) is 74.5 Å². The summed E-state index contributed by atoms with van der Waals surface area (Å²) in [7, 11) is 0. The van der Waals surface area contributed by atoms with Crippen LogP contribution in [0.15, 0.2) is 36.4 Å². The van der Waals surface area contributed by atoms with Crippen LogP contribution in [-0.4, -0.2) is 28.2 Å². The molecule has 2 aromatic carbocycles. The minimum atomic E-state index is -0.197. The van der Waals surface area contributed by atoms with E-state index in [1.807, 2.05) is 25.1 Å². The Kier molecular flexibility index (Phi) is 5.78. The van der Waals surface area contributed by atoms with E-state index < -0.39 is 0 Å². The number of halogens is 2. The highest BCUT2D eigenvalue weighted by Crippen LogP contribution is 2.45. The first-order chi connectivity index (χ1) is 15.9. The fourth-order valence-electron chi connectivity index (χ4n) is 5.29. The molecule has 5 rings (SSSR count). The van der Waals surface area contributed by atoms with Crippen LogP contribution in [0, 0.1) is 23.7 Å². The second-order valence-electron chi connectivity index (χ2n) is 9.12. The summed E-state index contributed by atoms with van der Waals surface area (Å²) in [5.41, 5.74) is 6.33. The number of hydrogen-bond acceptors (Lipinski definition) is 5. The SMILES string of the molecule is Cc1nc(N2CCC3(CC2)Cc2ccc(C#N)cc2C3)c(CO)nc1-c1cccc(Cl)c1Cl. The number of piperidine rings is 1. The van der Waals surface area contributed by atoms with Crippen molar-refractivity contribution in [3.63, 3.8) is 0 Å². The Morgan fingerprint density at radius 1 is 1.09 bits per heavy atom. The Morgan fingerprint density at radius 3 is 2.58 bits per heavy atom. The zero-order valence-corrected chi connectivity index (χ0v) is 19.9. The Hall–Kier alpha value is -2.65. The van der Waals surface area contributed by atoms with Gasteiger partial charge in [-0.15, -0.1) is 0 Å². The lowest BCUT2D eigenvalue weighted by atomic mass is 9.76. The molecule has 5 nitrogen and oxygen atoms in total. The van der Waals surface area contributed by atoms with E-state index in [4.69, 9.17) is 33.2 Å². The Balaban J connectivity index is 1.39. The predicted molar refractivity (Wildman–Crippen MR) is 131 cm³/mol. The molecule has 2 heterocycles. The standard InChI is InChI=1S/C26H24Cl2N4O/c1-16-24(20-3-2-4-21(27)23(20)28)31-22(15-33)25(30-16)32-9-7-26(8-10-32)12-18-6-5-17(14-29)11-19(18)13-26/h2-6,11,33H,7-10,12-13,15H2,1H3. The number of fused-ring (bicyclic) bond motifs is 1. The minimum Gasteiger partial charge on any atom is -0.390 e. The van der Waals surface area contributed by atoms with Crippen molar-refractivity contribution in [2.24, 2.45) is 5.41 Å². The molecule has 3 aromatic rings. The summed E-state index contributed by atoms with van der Waals surface area (Å²) in [5, 5.41) is 20.2. The first-order valence-corrected chi connectivity index (χ1v) is 11.9. The molecule has 2 aliphatic rings. The van der Waals surface area contributed by atoms with Gasteiger partial charge in [0.15, 0.2) is 5.82 Å². The fourth-order valence-corrected chi connectivity index (χ4v) is 5.68. The molecule has 0 amide bonds. The van der Waals surface area contributed by atoms with Crippen LogP contribution in [0.4, 0.5) is 5.82 Å². The van der Waals surface area contributed by atoms with Crippen LogP contribution in [-0.2, 0) is 19.4 Å². The van der Waals surface area contributed by atoms with Crippen LogP contribution in [0.1, 0.15) is 40.9 Å². The smallest absolute Gasteiger partial charge is 0.153 e. The molecule has 1 saturated heterocycles. The summed E-state index contributed by atoms with van der Waals surface area (Å²) in [6, 6.07) is 13.8. The molecule has 0 atom stereocenters. The highest BCUT2D eigenvalue weighted by Gasteiger charge is 2.40. The van der Waals surface area contributed by atoms with E-state index in [1.54, 1.807) is 6.07 Å². The molecule has 1 fully saturated rings. The van der Waals surface area contributed by atoms with Crippen LogP contribution in [0.2, 0.25) is 10.0 Å². The number of rotatable bonds is 3. The highest BCUT2D eigenvalue weighted by molar-refractivity contribution is 6.43. The first kappa shape index (κ1) is 22.2. The monoisotopic (exact) mass is 478 g/mol. The van der Waals surface area contributed by atoms with Gasteiger partial charge in [-0.3, -0.25) is 0 Å². The summed E-state index contributed by atoms with van der Waals surface area (Å²) < 4.78 is 0. The lowest BCUT2D eigenvalue weighted by molar-refractivity contribution is 0.231. The zero-order chi connectivity index (χ0) is 23.2. The molecule has 0 bridgehead atoms. The minimum absolute atomic E-state index is 0.197. The van der Waals surface area contributed by atoms with E-state index in [-0.39, 0.29) is 12.0 Å². The maximum Gasteiger partial charge on any atom is 0.153 e. The van der Waals surface area contributed by atoms with Crippen molar-refractivity contribution in [3.8, 4) is 17.3 Å². The summed E-state index contributed by atoms with van der Waals surface area (Å²) >= 11 is 12.6.